The normalized spacial score (nSPS) is 19.2. The maximum Gasteiger partial charge on any atom is 0.316 e. The first-order valence-corrected chi connectivity index (χ1v) is 18.2. The molecule has 2 unspecified atom stereocenters. The summed E-state index contributed by atoms with van der Waals surface area (Å²) in [7, 11) is 1.26. The zero-order valence-corrected chi connectivity index (χ0v) is 32.7. The van der Waals surface area contributed by atoms with E-state index in [1.54, 1.807) is 13.8 Å². The van der Waals surface area contributed by atoms with Gasteiger partial charge in [-0.05, 0) is 80.5 Å². The van der Waals surface area contributed by atoms with Crippen molar-refractivity contribution >= 4 is 34.7 Å². The van der Waals surface area contributed by atoms with E-state index >= 15 is 0 Å². The minimum Gasteiger partial charge on any atom is -0.511 e. The van der Waals surface area contributed by atoms with Crippen LogP contribution in [0.5, 0.6) is 0 Å². The third kappa shape index (κ3) is 10.3. The molecule has 11 heteroatoms. The number of esters is 1. The van der Waals surface area contributed by atoms with Crippen LogP contribution in [0.2, 0.25) is 0 Å². The van der Waals surface area contributed by atoms with Gasteiger partial charge in [0.2, 0.25) is 0 Å². The summed E-state index contributed by atoms with van der Waals surface area (Å²) in [5.41, 5.74) is 5.22. The number of benzene rings is 1. The fraction of sp³-hybridized carbons (Fsp3) is 0.561. The van der Waals surface area contributed by atoms with E-state index in [1.807, 2.05) is 54.5 Å². The number of hydrogen-bond donors (Lipinski definition) is 2. The molecule has 0 spiro atoms. The van der Waals surface area contributed by atoms with E-state index in [2.05, 4.69) is 16.9 Å². The molecular formula is C41H58N2O9. The Morgan fingerprint density at radius 2 is 1.56 bits per heavy atom. The van der Waals surface area contributed by atoms with Crippen molar-refractivity contribution < 1.29 is 43.8 Å². The molecule has 11 nitrogen and oxygen atoms in total. The molecule has 2 N–H and O–H groups in total. The number of rotatable bonds is 15. The molecule has 0 saturated carbocycles. The van der Waals surface area contributed by atoms with Gasteiger partial charge in [0.05, 0.1) is 29.7 Å². The smallest absolute Gasteiger partial charge is 0.316 e. The first kappa shape index (κ1) is 43.6. The second kappa shape index (κ2) is 19.9. The number of nitrogens with zero attached hydrogens (tertiary/aromatic N) is 2. The number of Topliss-reactive ketones (excluding diaryl/α,β-unsaturated/α-hetero) is 3. The highest BCUT2D eigenvalue weighted by Gasteiger charge is 2.47. The van der Waals surface area contributed by atoms with Crippen LogP contribution in [0, 0.1) is 32.1 Å². The molecule has 0 aliphatic heterocycles. The van der Waals surface area contributed by atoms with Crippen LogP contribution in [0.4, 0.5) is 0 Å². The van der Waals surface area contributed by atoms with Crippen molar-refractivity contribution in [2.75, 3.05) is 20.3 Å². The summed E-state index contributed by atoms with van der Waals surface area (Å²) in [5.74, 6) is -2.07. The van der Waals surface area contributed by atoms with Gasteiger partial charge in [0.1, 0.15) is 30.6 Å². The summed E-state index contributed by atoms with van der Waals surface area (Å²) in [6.45, 7) is 21.2. The van der Waals surface area contributed by atoms with Crippen LogP contribution < -0.4 is 0 Å². The summed E-state index contributed by atoms with van der Waals surface area (Å²) in [5, 5.41) is 29.3. The molecule has 0 amide bonds. The Bertz CT molecular complexity index is 1650. The van der Waals surface area contributed by atoms with Gasteiger partial charge in [-0.25, -0.2) is 0 Å². The third-order valence-electron chi connectivity index (χ3n) is 9.35. The predicted octanol–water partition coefficient (Wildman–Crippen LogP) is 8.60. The molecule has 52 heavy (non-hydrogen) atoms. The molecule has 2 aliphatic carbocycles. The zero-order valence-electron chi connectivity index (χ0n) is 32.7. The largest absolute Gasteiger partial charge is 0.511 e. The lowest BCUT2D eigenvalue weighted by Gasteiger charge is -2.36. The van der Waals surface area contributed by atoms with Gasteiger partial charge in [0.25, 0.3) is 0 Å². The number of allylic oxidation sites excluding steroid dienone is 3. The SMILES string of the molecule is C=CCO/N=C(\CCC)C1=C(O)C(C(=O)OC)C(C)(C)CC1=O.CCCC(=O)c1c(C)cc(C)c(C2CC(=O)C(/C(CC)=N/OCC)=C(O)C2)c1C. The van der Waals surface area contributed by atoms with Gasteiger partial charge in [0, 0.05) is 31.2 Å². The van der Waals surface area contributed by atoms with Crippen molar-refractivity contribution in [1.29, 1.82) is 0 Å². The van der Waals surface area contributed by atoms with E-state index in [0.29, 0.717) is 55.7 Å². The Balaban J connectivity index is 0.000000371. The van der Waals surface area contributed by atoms with Gasteiger partial charge in [-0.15, -0.1) is 0 Å². The van der Waals surface area contributed by atoms with Crippen LogP contribution in [0.1, 0.15) is 131 Å². The average molecular weight is 723 g/mol. The third-order valence-corrected chi connectivity index (χ3v) is 9.35. The molecule has 0 heterocycles. The van der Waals surface area contributed by atoms with Crippen molar-refractivity contribution in [1.82, 2.24) is 0 Å². The summed E-state index contributed by atoms with van der Waals surface area (Å²) in [6.07, 6.45) is 5.29. The van der Waals surface area contributed by atoms with Crippen LogP contribution in [0.25, 0.3) is 0 Å². The van der Waals surface area contributed by atoms with E-state index in [4.69, 9.17) is 14.4 Å². The number of aliphatic hydroxyl groups excluding tert-OH is 2. The number of aryl methyl sites for hydroxylation is 2. The van der Waals surface area contributed by atoms with Gasteiger partial charge in [-0.3, -0.25) is 19.2 Å². The second-order valence-electron chi connectivity index (χ2n) is 13.9. The highest BCUT2D eigenvalue weighted by molar-refractivity contribution is 6.24. The Hall–Kier alpha value is -4.54. The van der Waals surface area contributed by atoms with Gasteiger partial charge in [0.15, 0.2) is 17.3 Å². The van der Waals surface area contributed by atoms with Gasteiger partial charge >= 0.3 is 5.97 Å². The summed E-state index contributed by atoms with van der Waals surface area (Å²) in [6, 6.07) is 2.03. The van der Waals surface area contributed by atoms with Gasteiger partial charge in [-0.2, -0.15) is 0 Å². The zero-order chi connectivity index (χ0) is 39.3. The molecule has 2 atom stereocenters. The molecule has 1 aromatic carbocycles. The van der Waals surface area contributed by atoms with Crippen LogP contribution >= 0.6 is 0 Å². The first-order valence-electron chi connectivity index (χ1n) is 18.2. The van der Waals surface area contributed by atoms with Crippen LogP contribution in [0.15, 0.2) is 51.7 Å². The number of methoxy groups -OCH3 is 1. The first-order chi connectivity index (χ1) is 24.6. The van der Waals surface area contributed by atoms with Gasteiger partial charge < -0.3 is 24.6 Å². The summed E-state index contributed by atoms with van der Waals surface area (Å²) >= 11 is 0. The topological polar surface area (TPSA) is 161 Å². The molecule has 2 aliphatic rings. The van der Waals surface area contributed by atoms with E-state index in [1.165, 1.54) is 13.2 Å². The number of ketones is 3. The van der Waals surface area contributed by atoms with Crippen molar-refractivity contribution in [3.05, 3.63) is 69.2 Å². The van der Waals surface area contributed by atoms with Crippen molar-refractivity contribution in [3.8, 4) is 0 Å². The number of hydrogen-bond acceptors (Lipinski definition) is 11. The van der Waals surface area contributed by atoms with E-state index in [-0.39, 0.29) is 59.8 Å². The lowest BCUT2D eigenvalue weighted by atomic mass is 9.67. The van der Waals surface area contributed by atoms with Crippen LogP contribution in [-0.4, -0.2) is 65.3 Å². The maximum absolute atomic E-state index is 12.9. The molecule has 1 aromatic rings. The number of aliphatic hydroxyl groups is 2. The highest BCUT2D eigenvalue weighted by atomic mass is 16.6. The second-order valence-corrected chi connectivity index (χ2v) is 13.9. The minimum atomic E-state index is -0.901. The molecule has 0 bridgehead atoms. The Morgan fingerprint density at radius 1 is 0.923 bits per heavy atom. The number of ether oxygens (including phenoxy) is 1. The number of carbonyl (C=O) groups excluding carboxylic acids is 4. The molecule has 0 radical (unpaired) electrons. The molecule has 0 saturated heterocycles. The highest BCUT2D eigenvalue weighted by Crippen LogP contribution is 2.43. The molecule has 0 fully saturated rings. The Labute approximate surface area is 308 Å². The van der Waals surface area contributed by atoms with Crippen LogP contribution in [-0.2, 0) is 28.8 Å². The fourth-order valence-electron chi connectivity index (χ4n) is 7.21. The van der Waals surface area contributed by atoms with Crippen molar-refractivity contribution in [2.24, 2.45) is 21.6 Å². The van der Waals surface area contributed by atoms with Crippen molar-refractivity contribution in [2.45, 2.75) is 120 Å². The number of carbonyl (C=O) groups is 4. The van der Waals surface area contributed by atoms with Crippen molar-refractivity contribution in [3.63, 3.8) is 0 Å². The molecule has 0 aromatic heterocycles. The van der Waals surface area contributed by atoms with Gasteiger partial charge in [-0.1, -0.05) is 70.1 Å². The fourth-order valence-corrected chi connectivity index (χ4v) is 7.21. The van der Waals surface area contributed by atoms with Crippen LogP contribution in [0.3, 0.4) is 0 Å². The van der Waals surface area contributed by atoms with E-state index < -0.39 is 17.3 Å². The minimum absolute atomic E-state index is 0.0624. The quantitative estimate of drug-likeness (QED) is 0.0451. The molecule has 3 rings (SSSR count). The predicted molar refractivity (Wildman–Crippen MR) is 203 cm³/mol. The monoisotopic (exact) mass is 722 g/mol. The number of oxime groups is 2. The lowest BCUT2D eigenvalue weighted by molar-refractivity contribution is -0.150. The Kier molecular flexibility index (Phi) is 16.7. The molecular weight excluding hydrogens is 664 g/mol. The standard InChI is InChI=1S/C24H33NO4.C17H25NO5/c1-7-10-19(26)23-15(5)11-14(4)22(16(23)6)17-12-20(27)24(21(28)13-17)18(8-2)25-29-9-3;1-6-8-11(18-23-9-7-2)13-12(19)10-17(3,4)14(15(13)20)16(21)22-5/h11,17,27H,7-10,12-13H2,1-6H3;7,14,20H,2,6,8-10H2,1,3-5H3/b25-18+;18-11+. The van der Waals surface area contributed by atoms with E-state index in [0.717, 1.165) is 34.2 Å². The average Bonchev–Trinajstić information content (AvgIpc) is 3.05. The summed E-state index contributed by atoms with van der Waals surface area (Å²) < 4.78 is 4.79. The summed E-state index contributed by atoms with van der Waals surface area (Å²) in [4.78, 5) is 60.4. The van der Waals surface area contributed by atoms with E-state index in [9.17, 15) is 29.4 Å². The Morgan fingerprint density at radius 3 is 2.10 bits per heavy atom. The maximum atomic E-state index is 12.9. The lowest BCUT2D eigenvalue weighted by Crippen LogP contribution is -2.41. The molecule has 286 valence electrons.